The normalized spacial score (nSPS) is 10.6. The molecule has 0 fully saturated rings. The van der Waals surface area contributed by atoms with Gasteiger partial charge in [0.25, 0.3) is 0 Å². The Bertz CT molecular complexity index is 658. The van der Waals surface area contributed by atoms with Gasteiger partial charge >= 0.3 is 5.69 Å². The molecule has 0 aliphatic rings. The van der Waals surface area contributed by atoms with Gasteiger partial charge in [0.15, 0.2) is 0 Å². The van der Waals surface area contributed by atoms with E-state index in [0.29, 0.717) is 11.3 Å². The van der Waals surface area contributed by atoms with Crippen LogP contribution in [0.3, 0.4) is 0 Å². The van der Waals surface area contributed by atoms with E-state index in [-0.39, 0.29) is 0 Å². The lowest BCUT2D eigenvalue weighted by Crippen LogP contribution is -1.96. The van der Waals surface area contributed by atoms with Gasteiger partial charge in [-0.05, 0) is 37.1 Å². The fourth-order valence-corrected chi connectivity index (χ4v) is 2.75. The van der Waals surface area contributed by atoms with E-state index < -0.39 is 16.4 Å². The number of nitrogens with zero attached hydrogens (tertiary/aromatic N) is 1. The van der Waals surface area contributed by atoms with Crippen LogP contribution in [0.25, 0.3) is 0 Å². The smallest absolute Gasteiger partial charge is 0.258 e. The summed E-state index contributed by atoms with van der Waals surface area (Å²) in [4.78, 5) is 11.0. The lowest BCUT2D eigenvalue weighted by Gasteiger charge is -2.06. The van der Waals surface area contributed by atoms with Crippen LogP contribution in [-0.4, -0.2) is 4.92 Å². The molecule has 0 radical (unpaired) electrons. The number of nitro groups is 1. The highest BCUT2D eigenvalue weighted by molar-refractivity contribution is 7.98. The molecule has 0 N–H and O–H groups in total. The van der Waals surface area contributed by atoms with Gasteiger partial charge < -0.3 is 0 Å². The fraction of sp³-hybridized carbons (Fsp3) is 0.200. The predicted molar refractivity (Wildman–Crippen MR) is 78.5 cm³/mol. The first-order valence-electron chi connectivity index (χ1n) is 6.11. The second-order valence-corrected chi connectivity index (χ2v) is 5.59. The first-order chi connectivity index (χ1) is 9.49. The molecular formula is C15H14FNO2S. The SMILES string of the molecule is Cc1ccc(SCc2cccc([N+](=O)[O-])c2F)cc1C. The van der Waals surface area contributed by atoms with E-state index in [2.05, 4.69) is 0 Å². The van der Waals surface area contributed by atoms with E-state index in [0.717, 1.165) is 4.90 Å². The molecule has 0 aliphatic carbocycles. The van der Waals surface area contributed by atoms with Gasteiger partial charge in [0.2, 0.25) is 5.82 Å². The highest BCUT2D eigenvalue weighted by Gasteiger charge is 2.17. The maximum atomic E-state index is 13.9. The molecule has 20 heavy (non-hydrogen) atoms. The standard InChI is InChI=1S/C15H14FNO2S/c1-10-6-7-13(8-11(10)2)20-9-12-4-3-5-14(15(12)16)17(18)19/h3-8H,9H2,1-2H3. The lowest BCUT2D eigenvalue weighted by atomic mass is 10.1. The van der Waals surface area contributed by atoms with Gasteiger partial charge in [-0.1, -0.05) is 18.2 Å². The number of aryl methyl sites for hydroxylation is 2. The van der Waals surface area contributed by atoms with Gasteiger partial charge in [0.1, 0.15) is 0 Å². The molecule has 5 heteroatoms. The largest absolute Gasteiger partial charge is 0.305 e. The average Bonchev–Trinajstić information content (AvgIpc) is 2.41. The van der Waals surface area contributed by atoms with Crippen LogP contribution in [0.15, 0.2) is 41.3 Å². The zero-order valence-corrected chi connectivity index (χ0v) is 12.0. The van der Waals surface area contributed by atoms with Gasteiger partial charge in [-0.2, -0.15) is 4.39 Å². The molecule has 0 amide bonds. The number of hydrogen-bond donors (Lipinski definition) is 0. The summed E-state index contributed by atoms with van der Waals surface area (Å²) in [5.74, 6) is -0.371. The van der Waals surface area contributed by atoms with Crippen molar-refractivity contribution in [1.82, 2.24) is 0 Å². The van der Waals surface area contributed by atoms with Crippen LogP contribution in [0, 0.1) is 29.8 Å². The summed E-state index contributed by atoms with van der Waals surface area (Å²) in [5, 5.41) is 10.7. The van der Waals surface area contributed by atoms with E-state index in [9.17, 15) is 14.5 Å². The topological polar surface area (TPSA) is 43.1 Å². The van der Waals surface area contributed by atoms with Crippen molar-refractivity contribution in [1.29, 1.82) is 0 Å². The van der Waals surface area contributed by atoms with Crippen LogP contribution >= 0.6 is 11.8 Å². The summed E-state index contributed by atoms with van der Waals surface area (Å²) in [6, 6.07) is 10.3. The summed E-state index contributed by atoms with van der Waals surface area (Å²) in [6.07, 6.45) is 0. The zero-order chi connectivity index (χ0) is 14.7. The Balaban J connectivity index is 2.17. The van der Waals surface area contributed by atoms with E-state index in [1.54, 1.807) is 6.07 Å². The van der Waals surface area contributed by atoms with Crippen molar-refractivity contribution in [3.05, 3.63) is 69.0 Å². The predicted octanol–water partition coefficient (Wildman–Crippen LogP) is 4.64. The molecule has 0 atom stereocenters. The Morgan fingerprint density at radius 3 is 2.60 bits per heavy atom. The van der Waals surface area contributed by atoms with Gasteiger partial charge in [0.05, 0.1) is 4.92 Å². The summed E-state index contributed by atoms with van der Waals surface area (Å²) in [6.45, 7) is 4.05. The number of benzene rings is 2. The van der Waals surface area contributed by atoms with Gasteiger partial charge in [-0.15, -0.1) is 11.8 Å². The monoisotopic (exact) mass is 291 g/mol. The van der Waals surface area contributed by atoms with Crippen LogP contribution < -0.4 is 0 Å². The van der Waals surface area contributed by atoms with Crippen LogP contribution in [-0.2, 0) is 5.75 Å². The molecule has 0 spiro atoms. The van der Waals surface area contributed by atoms with Crippen molar-refractivity contribution in [2.45, 2.75) is 24.5 Å². The molecule has 0 heterocycles. The molecule has 0 aliphatic heterocycles. The van der Waals surface area contributed by atoms with Gasteiger partial charge in [-0.25, -0.2) is 0 Å². The minimum atomic E-state index is -0.742. The number of hydrogen-bond acceptors (Lipinski definition) is 3. The quantitative estimate of drug-likeness (QED) is 0.468. The van der Waals surface area contributed by atoms with Crippen molar-refractivity contribution < 1.29 is 9.31 Å². The number of thioether (sulfide) groups is 1. The Hall–Kier alpha value is -1.88. The minimum Gasteiger partial charge on any atom is -0.258 e. The molecule has 0 unspecified atom stereocenters. The molecule has 104 valence electrons. The van der Waals surface area contributed by atoms with Crippen molar-refractivity contribution in [2.75, 3.05) is 0 Å². The van der Waals surface area contributed by atoms with Crippen LogP contribution in [0.5, 0.6) is 0 Å². The molecule has 2 rings (SSSR count). The lowest BCUT2D eigenvalue weighted by molar-refractivity contribution is -0.387. The Morgan fingerprint density at radius 1 is 1.20 bits per heavy atom. The van der Waals surface area contributed by atoms with Crippen molar-refractivity contribution in [3.63, 3.8) is 0 Å². The molecule has 2 aromatic carbocycles. The van der Waals surface area contributed by atoms with Gasteiger partial charge in [0, 0.05) is 22.3 Å². The van der Waals surface area contributed by atoms with E-state index in [1.165, 1.54) is 35.0 Å². The van der Waals surface area contributed by atoms with Crippen molar-refractivity contribution >= 4 is 17.4 Å². The third-order valence-corrected chi connectivity index (χ3v) is 4.17. The first-order valence-corrected chi connectivity index (χ1v) is 7.09. The maximum absolute atomic E-state index is 13.9. The third-order valence-electron chi connectivity index (χ3n) is 3.13. The molecule has 0 saturated heterocycles. The molecule has 0 aromatic heterocycles. The zero-order valence-electron chi connectivity index (χ0n) is 11.2. The summed E-state index contributed by atoms with van der Waals surface area (Å²) in [7, 11) is 0. The highest BCUT2D eigenvalue weighted by Crippen LogP contribution is 2.28. The van der Waals surface area contributed by atoms with Crippen LogP contribution in [0.1, 0.15) is 16.7 Å². The summed E-state index contributed by atoms with van der Waals surface area (Å²) >= 11 is 1.47. The molecule has 0 saturated carbocycles. The van der Waals surface area contributed by atoms with Crippen molar-refractivity contribution in [2.24, 2.45) is 0 Å². The second-order valence-electron chi connectivity index (χ2n) is 4.54. The molecule has 0 bridgehead atoms. The molecular weight excluding hydrogens is 277 g/mol. The molecule has 3 nitrogen and oxygen atoms in total. The first kappa shape index (κ1) is 14.5. The number of nitro benzene ring substituents is 1. The van der Waals surface area contributed by atoms with E-state index in [4.69, 9.17) is 0 Å². The van der Waals surface area contributed by atoms with Crippen LogP contribution in [0.4, 0.5) is 10.1 Å². The Kier molecular flexibility index (Phi) is 4.39. The minimum absolute atomic E-state index is 0.349. The third kappa shape index (κ3) is 3.17. The maximum Gasteiger partial charge on any atom is 0.305 e. The van der Waals surface area contributed by atoms with Gasteiger partial charge in [-0.3, -0.25) is 10.1 Å². The number of rotatable bonds is 4. The highest BCUT2D eigenvalue weighted by atomic mass is 32.2. The van der Waals surface area contributed by atoms with E-state index >= 15 is 0 Å². The summed E-state index contributed by atoms with van der Waals surface area (Å²) < 4.78 is 13.9. The molecule has 2 aromatic rings. The number of halogens is 1. The van der Waals surface area contributed by atoms with Crippen LogP contribution in [0.2, 0.25) is 0 Å². The summed E-state index contributed by atoms with van der Waals surface area (Å²) in [5.41, 5.74) is 2.26. The Labute approximate surface area is 121 Å². The van der Waals surface area contributed by atoms with E-state index in [1.807, 2.05) is 32.0 Å². The average molecular weight is 291 g/mol. The Morgan fingerprint density at radius 2 is 1.95 bits per heavy atom. The van der Waals surface area contributed by atoms with Crippen molar-refractivity contribution in [3.8, 4) is 0 Å². The second kappa shape index (κ2) is 6.05. The fourth-order valence-electron chi connectivity index (χ4n) is 1.78.